The summed E-state index contributed by atoms with van der Waals surface area (Å²) in [5.74, 6) is 1.59. The van der Waals surface area contributed by atoms with Crippen LogP contribution >= 0.6 is 15.9 Å². The van der Waals surface area contributed by atoms with Crippen LogP contribution < -0.4 is 4.74 Å². The van der Waals surface area contributed by atoms with Crippen LogP contribution in [0.15, 0.2) is 40.9 Å². The van der Waals surface area contributed by atoms with Crippen molar-refractivity contribution in [2.75, 3.05) is 0 Å². The number of hydrogen-bond donors (Lipinski definition) is 0. The van der Waals surface area contributed by atoms with E-state index in [2.05, 4.69) is 22.0 Å². The minimum Gasteiger partial charge on any atom is -0.457 e. The molecule has 0 N–H and O–H groups in total. The van der Waals surface area contributed by atoms with Crippen LogP contribution in [0.3, 0.4) is 0 Å². The third-order valence-electron chi connectivity index (χ3n) is 2.70. The molecule has 0 radical (unpaired) electrons. The Morgan fingerprint density at radius 1 is 1.06 bits per heavy atom. The number of ether oxygens (including phenoxy) is 1. The van der Waals surface area contributed by atoms with Crippen LogP contribution in [0.5, 0.6) is 11.5 Å². The number of rotatable bonds is 2. The first-order valence-electron chi connectivity index (χ1n) is 5.55. The largest absolute Gasteiger partial charge is 0.457 e. The Labute approximate surface area is 115 Å². The molecule has 2 aromatic carbocycles. The third kappa shape index (κ3) is 2.55. The van der Waals surface area contributed by atoms with Crippen molar-refractivity contribution in [2.45, 2.75) is 13.8 Å². The average molecular weight is 302 g/mol. The molecular formula is C15H12BrNO. The Bertz CT molecular complexity index is 629. The van der Waals surface area contributed by atoms with Crippen LogP contribution in [0, 0.1) is 25.2 Å². The number of para-hydroxylation sites is 1. The molecule has 0 unspecified atom stereocenters. The summed E-state index contributed by atoms with van der Waals surface area (Å²) in [5.41, 5.74) is 2.64. The molecule has 0 aliphatic rings. The minimum absolute atomic E-state index is 0.615. The van der Waals surface area contributed by atoms with Crippen molar-refractivity contribution >= 4 is 15.9 Å². The molecule has 18 heavy (non-hydrogen) atoms. The maximum absolute atomic E-state index is 8.95. The fourth-order valence-corrected chi connectivity index (χ4v) is 2.06. The van der Waals surface area contributed by atoms with Crippen molar-refractivity contribution in [3.8, 4) is 17.6 Å². The Hall–Kier alpha value is -1.79. The molecule has 0 aliphatic carbocycles. The highest BCUT2D eigenvalue weighted by atomic mass is 79.9. The van der Waals surface area contributed by atoms with E-state index in [-0.39, 0.29) is 0 Å². The van der Waals surface area contributed by atoms with Gasteiger partial charge in [0.2, 0.25) is 0 Å². The van der Waals surface area contributed by atoms with Gasteiger partial charge in [-0.25, -0.2) is 0 Å². The van der Waals surface area contributed by atoms with E-state index in [1.54, 1.807) is 0 Å². The normalized spacial score (nSPS) is 9.89. The molecule has 0 bridgehead atoms. The Kier molecular flexibility index (Phi) is 3.69. The van der Waals surface area contributed by atoms with Crippen molar-refractivity contribution in [1.82, 2.24) is 0 Å². The first-order chi connectivity index (χ1) is 8.61. The van der Waals surface area contributed by atoms with Gasteiger partial charge in [0.25, 0.3) is 0 Å². The zero-order valence-corrected chi connectivity index (χ0v) is 11.8. The number of halogens is 1. The van der Waals surface area contributed by atoms with Crippen LogP contribution in [0.2, 0.25) is 0 Å². The molecule has 2 aromatic rings. The Morgan fingerprint density at radius 2 is 1.78 bits per heavy atom. The monoisotopic (exact) mass is 301 g/mol. The maximum Gasteiger partial charge on any atom is 0.131 e. The zero-order valence-electron chi connectivity index (χ0n) is 10.2. The van der Waals surface area contributed by atoms with Gasteiger partial charge in [0.05, 0.1) is 5.56 Å². The molecule has 3 heteroatoms. The molecule has 0 aromatic heterocycles. The lowest BCUT2D eigenvalue weighted by Crippen LogP contribution is -1.91. The van der Waals surface area contributed by atoms with Gasteiger partial charge >= 0.3 is 0 Å². The number of hydrogen-bond acceptors (Lipinski definition) is 2. The van der Waals surface area contributed by atoms with Crippen LogP contribution in [-0.2, 0) is 0 Å². The van der Waals surface area contributed by atoms with E-state index in [1.807, 2.05) is 50.2 Å². The molecule has 2 nitrogen and oxygen atoms in total. The van der Waals surface area contributed by atoms with Crippen molar-refractivity contribution in [1.29, 1.82) is 5.26 Å². The summed E-state index contributed by atoms with van der Waals surface area (Å²) in [4.78, 5) is 0. The highest BCUT2D eigenvalue weighted by Gasteiger charge is 2.08. The number of benzene rings is 2. The van der Waals surface area contributed by atoms with Crippen molar-refractivity contribution in [2.24, 2.45) is 0 Å². The van der Waals surface area contributed by atoms with Crippen LogP contribution in [0.1, 0.15) is 16.7 Å². The van der Waals surface area contributed by atoms with Gasteiger partial charge in [0.15, 0.2) is 0 Å². The van der Waals surface area contributed by atoms with E-state index in [4.69, 9.17) is 10.00 Å². The molecule has 0 saturated heterocycles. The Morgan fingerprint density at radius 3 is 2.44 bits per heavy atom. The lowest BCUT2D eigenvalue weighted by Gasteiger charge is -2.11. The molecule has 0 heterocycles. The molecule has 90 valence electrons. The second-order valence-corrected chi connectivity index (χ2v) is 4.93. The summed E-state index contributed by atoms with van der Waals surface area (Å²) in [6, 6.07) is 13.6. The summed E-state index contributed by atoms with van der Waals surface area (Å²) in [7, 11) is 0. The maximum atomic E-state index is 8.95. The fourth-order valence-electron chi connectivity index (χ4n) is 1.65. The molecular weight excluding hydrogens is 290 g/mol. The van der Waals surface area contributed by atoms with Crippen molar-refractivity contribution in [3.63, 3.8) is 0 Å². The summed E-state index contributed by atoms with van der Waals surface area (Å²) < 4.78 is 6.63. The Balaban J connectivity index is 2.39. The fraction of sp³-hybridized carbons (Fsp3) is 0.133. The molecule has 2 rings (SSSR count). The van der Waals surface area contributed by atoms with Gasteiger partial charge < -0.3 is 4.74 Å². The smallest absolute Gasteiger partial charge is 0.131 e. The average Bonchev–Trinajstić information content (AvgIpc) is 2.36. The van der Waals surface area contributed by atoms with Gasteiger partial charge in [0.1, 0.15) is 17.6 Å². The first kappa shape index (κ1) is 12.7. The second kappa shape index (κ2) is 5.24. The van der Waals surface area contributed by atoms with Crippen LogP contribution in [0.25, 0.3) is 0 Å². The van der Waals surface area contributed by atoms with Crippen molar-refractivity contribution < 1.29 is 4.74 Å². The number of nitrogens with zero attached hydrogens (tertiary/aromatic N) is 1. The summed E-state index contributed by atoms with van der Waals surface area (Å²) in [5, 5.41) is 8.95. The number of nitriles is 1. The predicted octanol–water partition coefficient (Wildman–Crippen LogP) is 4.73. The van der Waals surface area contributed by atoms with E-state index in [1.165, 1.54) is 0 Å². The second-order valence-electron chi connectivity index (χ2n) is 4.08. The van der Waals surface area contributed by atoms with Gasteiger partial charge in [-0.15, -0.1) is 0 Å². The third-order valence-corrected chi connectivity index (χ3v) is 3.35. The van der Waals surface area contributed by atoms with Gasteiger partial charge in [0, 0.05) is 4.47 Å². The van der Waals surface area contributed by atoms with E-state index in [0.717, 1.165) is 27.1 Å². The van der Waals surface area contributed by atoms with Gasteiger partial charge in [-0.05, 0) is 59.1 Å². The molecule has 0 fully saturated rings. The highest BCUT2D eigenvalue weighted by molar-refractivity contribution is 9.10. The van der Waals surface area contributed by atoms with E-state index < -0.39 is 0 Å². The van der Waals surface area contributed by atoms with Crippen molar-refractivity contribution in [3.05, 3.63) is 57.6 Å². The van der Waals surface area contributed by atoms with Gasteiger partial charge in [-0.1, -0.05) is 18.2 Å². The summed E-state index contributed by atoms with van der Waals surface area (Å²) in [6.07, 6.45) is 0. The predicted molar refractivity (Wildman–Crippen MR) is 74.8 cm³/mol. The van der Waals surface area contributed by atoms with Gasteiger partial charge in [-0.2, -0.15) is 5.26 Å². The quantitative estimate of drug-likeness (QED) is 0.803. The SMILES string of the molecule is Cc1ccccc1Oc1cc(Br)c(C#N)cc1C. The molecule has 0 aliphatic heterocycles. The standard InChI is InChI=1S/C15H12BrNO/c1-10-5-3-4-6-14(10)18-15-8-13(16)12(9-17)7-11(15)2/h3-8H,1-2H3. The summed E-state index contributed by atoms with van der Waals surface area (Å²) >= 11 is 3.37. The van der Waals surface area contributed by atoms with E-state index in [0.29, 0.717) is 5.56 Å². The topological polar surface area (TPSA) is 33.0 Å². The van der Waals surface area contributed by atoms with E-state index >= 15 is 0 Å². The lowest BCUT2D eigenvalue weighted by molar-refractivity contribution is 0.475. The molecule has 0 amide bonds. The van der Waals surface area contributed by atoms with Crippen LogP contribution in [0.4, 0.5) is 0 Å². The zero-order chi connectivity index (χ0) is 13.1. The van der Waals surface area contributed by atoms with Gasteiger partial charge in [-0.3, -0.25) is 0 Å². The van der Waals surface area contributed by atoms with Crippen LogP contribution in [-0.4, -0.2) is 0 Å². The lowest BCUT2D eigenvalue weighted by atomic mass is 10.1. The molecule has 0 spiro atoms. The van der Waals surface area contributed by atoms with E-state index in [9.17, 15) is 0 Å². The number of aryl methyl sites for hydroxylation is 2. The minimum atomic E-state index is 0.615. The highest BCUT2D eigenvalue weighted by Crippen LogP contribution is 2.31. The summed E-state index contributed by atoms with van der Waals surface area (Å²) in [6.45, 7) is 3.93. The molecule has 0 atom stereocenters. The first-order valence-corrected chi connectivity index (χ1v) is 6.35. The molecule has 0 saturated carbocycles.